The highest BCUT2D eigenvalue weighted by Gasteiger charge is 2.57. The van der Waals surface area contributed by atoms with Crippen molar-refractivity contribution in [2.75, 3.05) is 26.9 Å². The SMILES string of the molecule is CCOc1cc([C@H]2OC[C@@H]3[C@@H](c4ccc(OC)c(C)c4)OC[C@]23N)ccc1C. The van der Waals surface area contributed by atoms with Crippen LogP contribution in [0.1, 0.15) is 41.4 Å². The molecule has 0 spiro atoms. The zero-order chi connectivity index (χ0) is 19.9. The number of benzene rings is 2. The van der Waals surface area contributed by atoms with Crippen LogP contribution < -0.4 is 15.2 Å². The van der Waals surface area contributed by atoms with E-state index in [1.807, 2.05) is 26.8 Å². The Hall–Kier alpha value is -2.08. The molecule has 2 aromatic rings. The Labute approximate surface area is 166 Å². The molecule has 0 aromatic heterocycles. The van der Waals surface area contributed by atoms with E-state index in [-0.39, 0.29) is 18.1 Å². The van der Waals surface area contributed by atoms with E-state index in [2.05, 4.69) is 30.3 Å². The maximum atomic E-state index is 6.91. The number of fused-ring (bicyclic) bond motifs is 1. The lowest BCUT2D eigenvalue weighted by Gasteiger charge is -2.29. The summed E-state index contributed by atoms with van der Waals surface area (Å²) in [5.74, 6) is 1.86. The Bertz CT molecular complexity index is 868. The molecule has 28 heavy (non-hydrogen) atoms. The van der Waals surface area contributed by atoms with E-state index in [4.69, 9.17) is 24.7 Å². The molecule has 0 radical (unpaired) electrons. The number of hydrogen-bond acceptors (Lipinski definition) is 5. The summed E-state index contributed by atoms with van der Waals surface area (Å²) in [6.07, 6.45) is -0.280. The van der Waals surface area contributed by atoms with E-state index in [9.17, 15) is 0 Å². The van der Waals surface area contributed by atoms with Gasteiger partial charge in [0.05, 0.1) is 38.6 Å². The fourth-order valence-corrected chi connectivity index (χ4v) is 4.51. The van der Waals surface area contributed by atoms with Crippen LogP contribution in [0.5, 0.6) is 11.5 Å². The third-order valence-electron chi connectivity index (χ3n) is 6.06. The Kier molecular flexibility index (Phi) is 5.08. The fourth-order valence-electron chi connectivity index (χ4n) is 4.51. The number of nitrogens with two attached hydrogens (primary N) is 1. The molecule has 0 saturated carbocycles. The van der Waals surface area contributed by atoms with Crippen molar-refractivity contribution < 1.29 is 18.9 Å². The molecule has 0 amide bonds. The normalized spacial score (nSPS) is 29.0. The molecule has 0 unspecified atom stereocenters. The van der Waals surface area contributed by atoms with Crippen LogP contribution in [0.2, 0.25) is 0 Å². The van der Waals surface area contributed by atoms with Crippen molar-refractivity contribution in [1.82, 2.24) is 0 Å². The van der Waals surface area contributed by atoms with Crippen molar-refractivity contribution in [1.29, 1.82) is 0 Å². The smallest absolute Gasteiger partial charge is 0.122 e. The summed E-state index contributed by atoms with van der Waals surface area (Å²) in [6, 6.07) is 12.4. The molecular weight excluding hydrogens is 354 g/mol. The first-order valence-corrected chi connectivity index (χ1v) is 9.88. The highest BCUT2D eigenvalue weighted by Crippen LogP contribution is 2.52. The predicted octanol–water partition coefficient (Wildman–Crippen LogP) is 3.87. The quantitative estimate of drug-likeness (QED) is 0.849. The molecule has 2 N–H and O–H groups in total. The van der Waals surface area contributed by atoms with Crippen LogP contribution in [-0.4, -0.2) is 32.5 Å². The molecule has 0 aliphatic carbocycles. The molecule has 2 fully saturated rings. The van der Waals surface area contributed by atoms with E-state index >= 15 is 0 Å². The number of ether oxygens (including phenoxy) is 4. The summed E-state index contributed by atoms with van der Waals surface area (Å²) in [4.78, 5) is 0. The van der Waals surface area contributed by atoms with Crippen molar-refractivity contribution in [3.8, 4) is 11.5 Å². The molecule has 4 atom stereocenters. The molecule has 5 nitrogen and oxygen atoms in total. The molecule has 5 heteroatoms. The molecular formula is C23H29NO4. The van der Waals surface area contributed by atoms with Gasteiger partial charge in [-0.25, -0.2) is 0 Å². The van der Waals surface area contributed by atoms with Gasteiger partial charge < -0.3 is 24.7 Å². The van der Waals surface area contributed by atoms with E-state index in [1.54, 1.807) is 7.11 Å². The van der Waals surface area contributed by atoms with Crippen molar-refractivity contribution >= 4 is 0 Å². The second kappa shape index (κ2) is 7.39. The van der Waals surface area contributed by atoms with Crippen molar-refractivity contribution in [3.63, 3.8) is 0 Å². The maximum absolute atomic E-state index is 6.91. The fraction of sp³-hybridized carbons (Fsp3) is 0.478. The standard InChI is InChI=1S/C23H29NO4/c1-5-26-20-11-17(7-6-14(20)2)22-23(24)13-28-21(18(23)12-27-22)16-8-9-19(25-4)15(3)10-16/h6-11,18,21-22H,5,12-13,24H2,1-4H3/t18-,21-,22-,23-/m1/s1. The Morgan fingerprint density at radius 2 is 1.82 bits per heavy atom. The monoisotopic (exact) mass is 383 g/mol. The minimum Gasteiger partial charge on any atom is -0.496 e. The van der Waals surface area contributed by atoms with Crippen molar-refractivity contribution in [2.45, 2.75) is 38.5 Å². The van der Waals surface area contributed by atoms with Crippen LogP contribution in [0.15, 0.2) is 36.4 Å². The average molecular weight is 383 g/mol. The molecule has 2 saturated heterocycles. The number of methoxy groups -OCH3 is 1. The molecule has 2 heterocycles. The second-order valence-corrected chi connectivity index (χ2v) is 7.85. The Balaban J connectivity index is 1.61. The van der Waals surface area contributed by atoms with Crippen LogP contribution in [0.3, 0.4) is 0 Å². The van der Waals surface area contributed by atoms with Gasteiger partial charge in [0, 0.05) is 5.92 Å². The van der Waals surface area contributed by atoms with E-state index in [0.29, 0.717) is 19.8 Å². The van der Waals surface area contributed by atoms with Crippen molar-refractivity contribution in [3.05, 3.63) is 58.7 Å². The predicted molar refractivity (Wildman–Crippen MR) is 108 cm³/mol. The van der Waals surface area contributed by atoms with E-state index in [1.165, 1.54) is 0 Å². The molecule has 0 bridgehead atoms. The zero-order valence-electron chi connectivity index (χ0n) is 17.0. The van der Waals surface area contributed by atoms with Gasteiger partial charge in [-0.3, -0.25) is 0 Å². The van der Waals surface area contributed by atoms with Gasteiger partial charge in [0.25, 0.3) is 0 Å². The van der Waals surface area contributed by atoms with Crippen LogP contribution in [-0.2, 0) is 9.47 Å². The molecule has 2 aliphatic heterocycles. The van der Waals surface area contributed by atoms with Gasteiger partial charge in [-0.05, 0) is 61.2 Å². The van der Waals surface area contributed by atoms with Gasteiger partial charge in [0.15, 0.2) is 0 Å². The summed E-state index contributed by atoms with van der Waals surface area (Å²) in [5.41, 5.74) is 10.7. The summed E-state index contributed by atoms with van der Waals surface area (Å²) in [6.45, 7) is 7.76. The minimum absolute atomic E-state index is 0.0728. The first-order chi connectivity index (χ1) is 13.5. The van der Waals surface area contributed by atoms with Gasteiger partial charge in [0.1, 0.15) is 17.6 Å². The van der Waals surface area contributed by atoms with Crippen LogP contribution in [0.25, 0.3) is 0 Å². The highest BCUT2D eigenvalue weighted by molar-refractivity contribution is 5.41. The summed E-state index contributed by atoms with van der Waals surface area (Å²) in [5, 5.41) is 0. The third-order valence-corrected chi connectivity index (χ3v) is 6.06. The minimum atomic E-state index is -0.558. The van der Waals surface area contributed by atoms with Crippen LogP contribution in [0.4, 0.5) is 0 Å². The van der Waals surface area contributed by atoms with E-state index in [0.717, 1.165) is 33.8 Å². The zero-order valence-corrected chi connectivity index (χ0v) is 17.0. The van der Waals surface area contributed by atoms with E-state index < -0.39 is 5.54 Å². The summed E-state index contributed by atoms with van der Waals surface area (Å²) < 4.78 is 23.6. The highest BCUT2D eigenvalue weighted by atomic mass is 16.5. The average Bonchev–Trinajstić information content (AvgIpc) is 3.18. The maximum Gasteiger partial charge on any atom is 0.122 e. The van der Waals surface area contributed by atoms with Gasteiger partial charge in [-0.15, -0.1) is 0 Å². The summed E-state index contributed by atoms with van der Waals surface area (Å²) in [7, 11) is 1.69. The lowest BCUT2D eigenvalue weighted by atomic mass is 9.78. The third kappa shape index (κ3) is 3.08. The first kappa shape index (κ1) is 19.2. The molecule has 2 aliphatic rings. The lowest BCUT2D eigenvalue weighted by Crippen LogP contribution is -2.48. The van der Waals surface area contributed by atoms with Gasteiger partial charge in [-0.2, -0.15) is 0 Å². The molecule has 2 aromatic carbocycles. The first-order valence-electron chi connectivity index (χ1n) is 9.88. The number of aryl methyl sites for hydroxylation is 2. The Morgan fingerprint density at radius 3 is 2.54 bits per heavy atom. The van der Waals surface area contributed by atoms with Crippen LogP contribution in [0, 0.1) is 19.8 Å². The number of hydrogen-bond donors (Lipinski definition) is 1. The largest absolute Gasteiger partial charge is 0.496 e. The van der Waals surface area contributed by atoms with Gasteiger partial charge in [0.2, 0.25) is 0 Å². The second-order valence-electron chi connectivity index (χ2n) is 7.85. The van der Waals surface area contributed by atoms with Crippen molar-refractivity contribution in [2.24, 2.45) is 11.7 Å². The molecule has 4 rings (SSSR count). The van der Waals surface area contributed by atoms with Gasteiger partial charge in [-0.1, -0.05) is 18.2 Å². The number of rotatable bonds is 5. The molecule has 150 valence electrons. The van der Waals surface area contributed by atoms with Crippen LogP contribution >= 0.6 is 0 Å². The lowest BCUT2D eigenvalue weighted by molar-refractivity contribution is 0.0142. The summed E-state index contributed by atoms with van der Waals surface area (Å²) >= 11 is 0. The Morgan fingerprint density at radius 1 is 1.04 bits per heavy atom. The topological polar surface area (TPSA) is 62.9 Å². The van der Waals surface area contributed by atoms with Gasteiger partial charge >= 0.3 is 0 Å².